The maximum Gasteiger partial charge on any atom is 0.142 e. The van der Waals surface area contributed by atoms with Crippen LogP contribution in [0, 0.1) is 0 Å². The molecule has 1 aliphatic heterocycles. The summed E-state index contributed by atoms with van der Waals surface area (Å²) in [5, 5.41) is 9.19. The van der Waals surface area contributed by atoms with Crippen LogP contribution in [0.15, 0.2) is 24.3 Å². The van der Waals surface area contributed by atoms with Gasteiger partial charge in [0.2, 0.25) is 0 Å². The molecular formula is C14H21NO3. The summed E-state index contributed by atoms with van der Waals surface area (Å²) in [5.74, 6) is 0.895. The summed E-state index contributed by atoms with van der Waals surface area (Å²) in [6, 6.07) is 8.02. The van der Waals surface area contributed by atoms with Crippen molar-refractivity contribution >= 4 is 5.69 Å². The first kappa shape index (κ1) is 13.2. The Kier molecular flexibility index (Phi) is 4.44. The third-order valence-corrected chi connectivity index (χ3v) is 2.91. The van der Waals surface area contributed by atoms with Crippen LogP contribution in [0.1, 0.15) is 13.8 Å². The van der Waals surface area contributed by atoms with Gasteiger partial charge in [-0.2, -0.15) is 0 Å². The standard InChI is InChI=1S/C14H21NO3/c1-11(2)18-14-6-4-3-5-13(14)15-7-8-17-12(9-15)10-16/h3-6,11-12,16H,7-10H2,1-2H3. The Balaban J connectivity index is 2.16. The third-order valence-electron chi connectivity index (χ3n) is 2.91. The average Bonchev–Trinajstić information content (AvgIpc) is 2.39. The molecule has 18 heavy (non-hydrogen) atoms. The molecule has 1 saturated heterocycles. The van der Waals surface area contributed by atoms with Crippen molar-refractivity contribution in [1.82, 2.24) is 0 Å². The maximum atomic E-state index is 9.19. The highest BCUT2D eigenvalue weighted by Gasteiger charge is 2.22. The molecule has 4 heteroatoms. The molecular weight excluding hydrogens is 230 g/mol. The smallest absolute Gasteiger partial charge is 0.142 e. The minimum Gasteiger partial charge on any atom is -0.489 e. The molecule has 100 valence electrons. The second-order valence-electron chi connectivity index (χ2n) is 4.76. The Hall–Kier alpha value is -1.26. The third kappa shape index (κ3) is 3.15. The van der Waals surface area contributed by atoms with Crippen molar-refractivity contribution in [2.75, 3.05) is 31.2 Å². The molecule has 0 spiro atoms. The molecule has 1 N–H and O–H groups in total. The molecule has 0 amide bonds. The van der Waals surface area contributed by atoms with Gasteiger partial charge in [-0.15, -0.1) is 0 Å². The first-order valence-corrected chi connectivity index (χ1v) is 6.44. The monoisotopic (exact) mass is 251 g/mol. The van der Waals surface area contributed by atoms with Gasteiger partial charge in [0, 0.05) is 13.1 Å². The number of anilines is 1. The zero-order valence-electron chi connectivity index (χ0n) is 11.0. The summed E-state index contributed by atoms with van der Waals surface area (Å²) < 4.78 is 11.3. The lowest BCUT2D eigenvalue weighted by molar-refractivity contribution is 0.00341. The number of hydrogen-bond donors (Lipinski definition) is 1. The fraction of sp³-hybridized carbons (Fsp3) is 0.571. The lowest BCUT2D eigenvalue weighted by atomic mass is 10.2. The van der Waals surface area contributed by atoms with Crippen molar-refractivity contribution < 1.29 is 14.6 Å². The van der Waals surface area contributed by atoms with Gasteiger partial charge in [-0.1, -0.05) is 12.1 Å². The molecule has 1 aliphatic rings. The number of hydrogen-bond acceptors (Lipinski definition) is 4. The number of para-hydroxylation sites is 2. The van der Waals surface area contributed by atoms with E-state index >= 15 is 0 Å². The Morgan fingerprint density at radius 2 is 2.22 bits per heavy atom. The summed E-state index contributed by atoms with van der Waals surface area (Å²) in [6.07, 6.45) is 0.0479. The van der Waals surface area contributed by atoms with Crippen LogP contribution in [0.4, 0.5) is 5.69 Å². The number of morpholine rings is 1. The molecule has 0 aromatic heterocycles. The Bertz CT molecular complexity index is 381. The molecule has 1 unspecified atom stereocenters. The topological polar surface area (TPSA) is 41.9 Å². The molecule has 1 aromatic rings. The van der Waals surface area contributed by atoms with Crippen LogP contribution >= 0.6 is 0 Å². The molecule has 2 rings (SSSR count). The average molecular weight is 251 g/mol. The molecule has 0 aliphatic carbocycles. The normalized spacial score (nSPS) is 20.2. The van der Waals surface area contributed by atoms with E-state index in [4.69, 9.17) is 9.47 Å². The molecule has 1 fully saturated rings. The lowest BCUT2D eigenvalue weighted by Gasteiger charge is -2.34. The van der Waals surface area contributed by atoms with Gasteiger partial charge >= 0.3 is 0 Å². The zero-order valence-corrected chi connectivity index (χ0v) is 11.0. The minimum atomic E-state index is -0.106. The Morgan fingerprint density at radius 1 is 1.44 bits per heavy atom. The zero-order chi connectivity index (χ0) is 13.0. The van der Waals surface area contributed by atoms with Gasteiger partial charge in [0.15, 0.2) is 0 Å². The highest BCUT2D eigenvalue weighted by molar-refractivity contribution is 5.58. The summed E-state index contributed by atoms with van der Waals surface area (Å²) in [4.78, 5) is 2.21. The van der Waals surface area contributed by atoms with Crippen LogP contribution < -0.4 is 9.64 Å². The molecule has 0 radical (unpaired) electrons. The van der Waals surface area contributed by atoms with Crippen LogP contribution in [0.3, 0.4) is 0 Å². The lowest BCUT2D eigenvalue weighted by Crippen LogP contribution is -2.44. The maximum absolute atomic E-state index is 9.19. The predicted molar refractivity (Wildman–Crippen MR) is 71.2 cm³/mol. The van der Waals surface area contributed by atoms with Crippen LogP contribution in [0.5, 0.6) is 5.75 Å². The first-order valence-electron chi connectivity index (χ1n) is 6.44. The van der Waals surface area contributed by atoms with E-state index in [0.717, 1.165) is 18.0 Å². The van der Waals surface area contributed by atoms with E-state index in [9.17, 15) is 5.11 Å². The molecule has 4 nitrogen and oxygen atoms in total. The fourth-order valence-corrected chi connectivity index (χ4v) is 2.12. The van der Waals surface area contributed by atoms with Crippen LogP contribution in [-0.4, -0.2) is 43.6 Å². The number of nitrogens with zero attached hydrogens (tertiary/aromatic N) is 1. The highest BCUT2D eigenvalue weighted by atomic mass is 16.5. The van der Waals surface area contributed by atoms with Crippen molar-refractivity contribution in [2.45, 2.75) is 26.1 Å². The van der Waals surface area contributed by atoms with Gasteiger partial charge < -0.3 is 19.5 Å². The van der Waals surface area contributed by atoms with Gasteiger partial charge in [0.1, 0.15) is 5.75 Å². The van der Waals surface area contributed by atoms with E-state index in [1.165, 1.54) is 0 Å². The van der Waals surface area contributed by atoms with Crippen molar-refractivity contribution in [2.24, 2.45) is 0 Å². The van der Waals surface area contributed by atoms with Crippen molar-refractivity contribution in [3.8, 4) is 5.75 Å². The minimum absolute atomic E-state index is 0.0592. The van der Waals surface area contributed by atoms with Crippen molar-refractivity contribution in [3.63, 3.8) is 0 Å². The van der Waals surface area contributed by atoms with Crippen molar-refractivity contribution in [3.05, 3.63) is 24.3 Å². The molecule has 1 aromatic carbocycles. The predicted octanol–water partition coefficient (Wildman–Crippen LogP) is 1.67. The Labute approximate surface area is 108 Å². The molecule has 0 bridgehead atoms. The summed E-state index contributed by atoms with van der Waals surface area (Å²) in [5.41, 5.74) is 1.08. The highest BCUT2D eigenvalue weighted by Crippen LogP contribution is 2.30. The van der Waals surface area contributed by atoms with Crippen LogP contribution in [0.25, 0.3) is 0 Å². The van der Waals surface area contributed by atoms with Gasteiger partial charge in [-0.3, -0.25) is 0 Å². The second kappa shape index (κ2) is 6.07. The summed E-state index contributed by atoms with van der Waals surface area (Å²) >= 11 is 0. The van der Waals surface area contributed by atoms with E-state index in [1.807, 2.05) is 32.0 Å². The first-order chi connectivity index (χ1) is 8.70. The van der Waals surface area contributed by atoms with Crippen molar-refractivity contribution in [1.29, 1.82) is 0 Å². The molecule has 1 atom stereocenters. The summed E-state index contributed by atoms with van der Waals surface area (Å²) in [6.45, 7) is 6.27. The van der Waals surface area contributed by atoms with E-state index in [1.54, 1.807) is 0 Å². The quantitative estimate of drug-likeness (QED) is 0.884. The van der Waals surface area contributed by atoms with E-state index in [2.05, 4.69) is 11.0 Å². The number of aliphatic hydroxyl groups excluding tert-OH is 1. The molecule has 0 saturated carbocycles. The number of rotatable bonds is 4. The van der Waals surface area contributed by atoms with E-state index in [-0.39, 0.29) is 18.8 Å². The van der Waals surface area contributed by atoms with Gasteiger partial charge in [-0.25, -0.2) is 0 Å². The fourth-order valence-electron chi connectivity index (χ4n) is 2.12. The van der Waals surface area contributed by atoms with Crippen LogP contribution in [0.2, 0.25) is 0 Å². The largest absolute Gasteiger partial charge is 0.489 e. The number of aliphatic hydroxyl groups is 1. The van der Waals surface area contributed by atoms with Gasteiger partial charge in [-0.05, 0) is 26.0 Å². The summed E-state index contributed by atoms with van der Waals surface area (Å²) in [7, 11) is 0. The molecule has 1 heterocycles. The van der Waals surface area contributed by atoms with E-state index in [0.29, 0.717) is 13.2 Å². The number of benzene rings is 1. The van der Waals surface area contributed by atoms with Gasteiger partial charge in [0.05, 0.1) is 31.1 Å². The Morgan fingerprint density at radius 3 is 2.94 bits per heavy atom. The van der Waals surface area contributed by atoms with Crippen LogP contribution in [-0.2, 0) is 4.74 Å². The SMILES string of the molecule is CC(C)Oc1ccccc1N1CCOC(CO)C1. The van der Waals surface area contributed by atoms with E-state index < -0.39 is 0 Å². The number of ether oxygens (including phenoxy) is 2. The van der Waals surface area contributed by atoms with Gasteiger partial charge in [0.25, 0.3) is 0 Å². The second-order valence-corrected chi connectivity index (χ2v) is 4.76.